The lowest BCUT2D eigenvalue weighted by molar-refractivity contribution is -0.138. The molecule has 8 heteroatoms. The molecule has 3 atom stereocenters. The lowest BCUT2D eigenvalue weighted by atomic mass is 10.2. The third-order valence-corrected chi connectivity index (χ3v) is 4.44. The molecule has 96 valence electrons. The molecule has 0 bridgehead atoms. The number of nitrogens with one attached hydrogen (secondary N) is 1. The zero-order valence-corrected chi connectivity index (χ0v) is 11.7. The second-order valence-corrected chi connectivity index (χ2v) is 7.28. The highest BCUT2D eigenvalue weighted by Gasteiger charge is 2.15. The van der Waals surface area contributed by atoms with Gasteiger partial charge in [0.25, 0.3) is 0 Å². The van der Waals surface area contributed by atoms with Gasteiger partial charge in [-0.3, -0.25) is 9.57 Å². The SMILES string of the molecule is N=S(=O)(CCCC(F)I)CC[C@H](N)C(=O)O. The summed E-state index contributed by atoms with van der Waals surface area (Å²) in [6.07, 6.45) is 0.650. The van der Waals surface area contributed by atoms with Crippen molar-refractivity contribution in [3.63, 3.8) is 0 Å². The van der Waals surface area contributed by atoms with Gasteiger partial charge >= 0.3 is 5.97 Å². The van der Waals surface area contributed by atoms with Crippen molar-refractivity contribution < 1.29 is 18.5 Å². The van der Waals surface area contributed by atoms with E-state index in [1.807, 2.05) is 0 Å². The fourth-order valence-electron chi connectivity index (χ4n) is 1.01. The molecule has 0 saturated carbocycles. The Labute approximate surface area is 108 Å². The maximum absolute atomic E-state index is 12.4. The molecule has 4 N–H and O–H groups in total. The van der Waals surface area contributed by atoms with Crippen molar-refractivity contribution in [2.75, 3.05) is 11.5 Å². The number of hydrogen-bond donors (Lipinski definition) is 3. The van der Waals surface area contributed by atoms with E-state index >= 15 is 0 Å². The summed E-state index contributed by atoms with van der Waals surface area (Å²) < 4.78 is 30.5. The van der Waals surface area contributed by atoms with Gasteiger partial charge in [0.15, 0.2) is 4.18 Å². The molecule has 0 spiro atoms. The molecule has 0 radical (unpaired) electrons. The zero-order chi connectivity index (χ0) is 12.8. The van der Waals surface area contributed by atoms with Crippen LogP contribution in [0.2, 0.25) is 0 Å². The van der Waals surface area contributed by atoms with Crippen molar-refractivity contribution in [1.29, 1.82) is 4.78 Å². The molecular formula is C8H16FIN2O3S. The van der Waals surface area contributed by atoms with Crippen molar-refractivity contribution in [2.45, 2.75) is 29.5 Å². The van der Waals surface area contributed by atoms with Crippen LogP contribution in [0.25, 0.3) is 0 Å². The van der Waals surface area contributed by atoms with Crippen LogP contribution in [0, 0.1) is 4.78 Å². The summed E-state index contributed by atoms with van der Waals surface area (Å²) in [6.45, 7) is 0. The Morgan fingerprint density at radius 1 is 1.50 bits per heavy atom. The maximum atomic E-state index is 12.4. The highest BCUT2D eigenvalue weighted by atomic mass is 127. The summed E-state index contributed by atoms with van der Waals surface area (Å²) in [5, 5.41) is 8.50. The summed E-state index contributed by atoms with van der Waals surface area (Å²) in [5.41, 5.74) is 5.23. The minimum Gasteiger partial charge on any atom is -0.480 e. The Balaban J connectivity index is 3.92. The lowest BCUT2D eigenvalue weighted by Gasteiger charge is -2.09. The first-order chi connectivity index (χ1) is 7.24. The first-order valence-corrected chi connectivity index (χ1v) is 7.89. The van der Waals surface area contributed by atoms with Gasteiger partial charge in [0.1, 0.15) is 6.04 Å². The van der Waals surface area contributed by atoms with E-state index in [1.165, 1.54) is 0 Å². The predicted octanol–water partition coefficient (Wildman–Crippen LogP) is 1.35. The number of rotatable bonds is 8. The molecule has 5 nitrogen and oxygen atoms in total. The number of halogens is 2. The zero-order valence-electron chi connectivity index (χ0n) is 8.70. The number of nitrogens with two attached hydrogens (primary N) is 1. The summed E-state index contributed by atoms with van der Waals surface area (Å²) in [7, 11) is -2.82. The Morgan fingerprint density at radius 2 is 2.06 bits per heavy atom. The van der Waals surface area contributed by atoms with Crippen LogP contribution in [0.3, 0.4) is 0 Å². The van der Waals surface area contributed by atoms with E-state index < -0.39 is 25.9 Å². The number of carbonyl (C=O) groups is 1. The van der Waals surface area contributed by atoms with E-state index in [0.29, 0.717) is 6.42 Å². The summed E-state index contributed by atoms with van der Waals surface area (Å²) >= 11 is 1.62. The standard InChI is InChI=1S/C8H16FIN2O3S/c9-7(10)2-1-4-16(12,15)5-3-6(11)8(13)14/h6-7,12H,1-5,11H2,(H,13,14)/t6-,7?,16?/m0/s1. The summed E-state index contributed by atoms with van der Waals surface area (Å²) in [6, 6.07) is -1.08. The average Bonchev–Trinajstić information content (AvgIpc) is 2.13. The summed E-state index contributed by atoms with van der Waals surface area (Å²) in [5.74, 6) is -1.10. The third kappa shape index (κ3) is 8.22. The number of aliphatic carboxylic acids is 1. The Kier molecular flexibility index (Phi) is 7.40. The molecule has 0 rings (SSSR count). The molecule has 0 aliphatic carbocycles. The Hall–Kier alpha value is 0.0400. The highest BCUT2D eigenvalue weighted by molar-refractivity contribution is 14.1. The van der Waals surface area contributed by atoms with Crippen molar-refractivity contribution >= 4 is 38.3 Å². The molecule has 0 aliphatic rings. The first-order valence-electron chi connectivity index (χ1n) is 4.75. The van der Waals surface area contributed by atoms with Gasteiger partial charge in [-0.05, 0) is 41.9 Å². The second kappa shape index (κ2) is 7.38. The van der Waals surface area contributed by atoms with Crippen LogP contribution in [0.5, 0.6) is 0 Å². The van der Waals surface area contributed by atoms with Gasteiger partial charge in [0.05, 0.1) is 0 Å². The number of hydrogen-bond acceptors (Lipinski definition) is 4. The monoisotopic (exact) mass is 366 g/mol. The van der Waals surface area contributed by atoms with Crippen LogP contribution in [-0.2, 0) is 14.5 Å². The molecule has 0 aromatic carbocycles. The minimum atomic E-state index is -2.82. The van der Waals surface area contributed by atoms with E-state index in [-0.39, 0.29) is 24.3 Å². The third-order valence-electron chi connectivity index (χ3n) is 1.97. The maximum Gasteiger partial charge on any atom is 0.320 e. The van der Waals surface area contributed by atoms with Crippen molar-refractivity contribution in [1.82, 2.24) is 0 Å². The van der Waals surface area contributed by atoms with Gasteiger partial charge in [-0.15, -0.1) is 0 Å². The van der Waals surface area contributed by atoms with E-state index in [2.05, 4.69) is 0 Å². The fourth-order valence-corrected chi connectivity index (χ4v) is 2.93. The van der Waals surface area contributed by atoms with Crippen molar-refractivity contribution in [3.8, 4) is 0 Å². The molecule has 16 heavy (non-hydrogen) atoms. The van der Waals surface area contributed by atoms with Gasteiger partial charge in [-0.25, -0.2) is 8.60 Å². The highest BCUT2D eigenvalue weighted by Crippen LogP contribution is 2.11. The van der Waals surface area contributed by atoms with E-state index in [1.54, 1.807) is 22.6 Å². The molecular weight excluding hydrogens is 350 g/mol. The lowest BCUT2D eigenvalue weighted by Crippen LogP contribution is -2.32. The van der Waals surface area contributed by atoms with E-state index in [4.69, 9.17) is 15.6 Å². The van der Waals surface area contributed by atoms with Gasteiger partial charge in [0.2, 0.25) is 0 Å². The first kappa shape index (κ1) is 16.0. The average molecular weight is 366 g/mol. The number of carboxylic acid groups (broad SMARTS) is 1. The second-order valence-electron chi connectivity index (χ2n) is 3.49. The molecule has 2 unspecified atom stereocenters. The van der Waals surface area contributed by atoms with Gasteiger partial charge in [-0.1, -0.05) is 0 Å². The van der Waals surface area contributed by atoms with Gasteiger partial charge < -0.3 is 10.8 Å². The molecule has 0 heterocycles. The Morgan fingerprint density at radius 3 is 2.50 bits per heavy atom. The van der Waals surface area contributed by atoms with Crippen LogP contribution < -0.4 is 5.73 Å². The van der Waals surface area contributed by atoms with E-state index in [0.717, 1.165) is 0 Å². The fraction of sp³-hybridized carbons (Fsp3) is 0.875. The number of carboxylic acids is 1. The largest absolute Gasteiger partial charge is 0.480 e. The van der Waals surface area contributed by atoms with Crippen molar-refractivity contribution in [2.24, 2.45) is 5.73 Å². The molecule has 0 aliphatic heterocycles. The predicted molar refractivity (Wildman–Crippen MR) is 69.0 cm³/mol. The van der Waals surface area contributed by atoms with Crippen molar-refractivity contribution in [3.05, 3.63) is 0 Å². The van der Waals surface area contributed by atoms with Crippen LogP contribution in [0.1, 0.15) is 19.3 Å². The van der Waals surface area contributed by atoms with Gasteiger partial charge in [-0.2, -0.15) is 0 Å². The topological polar surface area (TPSA) is 104 Å². The van der Waals surface area contributed by atoms with Gasteiger partial charge in [0, 0.05) is 21.2 Å². The van der Waals surface area contributed by atoms with Crippen LogP contribution >= 0.6 is 22.6 Å². The smallest absolute Gasteiger partial charge is 0.320 e. The molecule has 0 fully saturated rings. The molecule has 0 aromatic heterocycles. The quantitative estimate of drug-likeness (QED) is 0.446. The minimum absolute atomic E-state index is 0.0148. The molecule has 0 amide bonds. The van der Waals surface area contributed by atoms with E-state index in [9.17, 15) is 13.4 Å². The van der Waals surface area contributed by atoms with Crippen LogP contribution in [0.15, 0.2) is 0 Å². The normalized spacial score (nSPS) is 18.7. The number of alkyl halides is 2. The summed E-state index contributed by atoms with van der Waals surface area (Å²) in [4.78, 5) is 10.4. The van der Waals surface area contributed by atoms with Crippen LogP contribution in [0.4, 0.5) is 4.39 Å². The molecule has 0 aromatic rings. The molecule has 0 saturated heterocycles. The Bertz CT molecular complexity index is 321. The van der Waals surface area contributed by atoms with Crippen LogP contribution in [-0.4, -0.2) is 37.0 Å².